The molecule has 2 N–H and O–H groups in total. The summed E-state index contributed by atoms with van der Waals surface area (Å²) >= 11 is 7.05. The van der Waals surface area contributed by atoms with Crippen LogP contribution in [0.1, 0.15) is 24.4 Å². The van der Waals surface area contributed by atoms with E-state index in [0.29, 0.717) is 5.92 Å². The van der Waals surface area contributed by atoms with Gasteiger partial charge in [-0.25, -0.2) is 0 Å². The van der Waals surface area contributed by atoms with Crippen LogP contribution in [-0.4, -0.2) is 13.2 Å². The minimum Gasteiger partial charge on any atom is -0.381 e. The minimum absolute atomic E-state index is 0.0933. The van der Waals surface area contributed by atoms with Crippen molar-refractivity contribution in [2.24, 2.45) is 11.7 Å². The van der Waals surface area contributed by atoms with Gasteiger partial charge in [0.2, 0.25) is 0 Å². The average Bonchev–Trinajstić information content (AvgIpc) is 2.32. The van der Waals surface area contributed by atoms with Crippen LogP contribution in [0.15, 0.2) is 27.1 Å². The van der Waals surface area contributed by atoms with Crippen molar-refractivity contribution >= 4 is 31.9 Å². The average molecular weight is 349 g/mol. The van der Waals surface area contributed by atoms with Crippen LogP contribution >= 0.6 is 31.9 Å². The topological polar surface area (TPSA) is 35.2 Å². The molecule has 0 amide bonds. The van der Waals surface area contributed by atoms with Crippen molar-refractivity contribution in [3.05, 3.63) is 32.7 Å². The number of ether oxygens (including phenoxy) is 1. The molecule has 0 radical (unpaired) electrons. The van der Waals surface area contributed by atoms with E-state index in [2.05, 4.69) is 37.9 Å². The zero-order chi connectivity index (χ0) is 11.5. The molecular formula is C12H15Br2NO. The van der Waals surface area contributed by atoms with Gasteiger partial charge in [0.25, 0.3) is 0 Å². The van der Waals surface area contributed by atoms with E-state index >= 15 is 0 Å². The highest BCUT2D eigenvalue weighted by Gasteiger charge is 2.23. The van der Waals surface area contributed by atoms with Crippen molar-refractivity contribution in [2.45, 2.75) is 18.9 Å². The molecule has 2 nitrogen and oxygen atoms in total. The van der Waals surface area contributed by atoms with E-state index in [1.165, 1.54) is 5.56 Å². The first-order valence-corrected chi connectivity index (χ1v) is 7.05. The SMILES string of the molecule is N[C@@H](c1cc(Br)ccc1Br)C1CCOCC1. The maximum atomic E-state index is 6.33. The molecule has 0 spiro atoms. The van der Waals surface area contributed by atoms with Crippen LogP contribution < -0.4 is 5.73 Å². The highest BCUT2D eigenvalue weighted by Crippen LogP contribution is 2.33. The van der Waals surface area contributed by atoms with Crippen LogP contribution in [0.5, 0.6) is 0 Å². The van der Waals surface area contributed by atoms with E-state index in [4.69, 9.17) is 10.5 Å². The molecule has 0 bridgehead atoms. The Hall–Kier alpha value is 0.1000. The molecule has 1 aliphatic heterocycles. The number of nitrogens with two attached hydrogens (primary N) is 1. The van der Waals surface area contributed by atoms with E-state index in [1.807, 2.05) is 12.1 Å². The van der Waals surface area contributed by atoms with Crippen LogP contribution in [-0.2, 0) is 4.74 Å². The van der Waals surface area contributed by atoms with Crippen LogP contribution in [0, 0.1) is 5.92 Å². The van der Waals surface area contributed by atoms with Crippen LogP contribution in [0.4, 0.5) is 0 Å². The van der Waals surface area contributed by atoms with Crippen molar-refractivity contribution in [1.82, 2.24) is 0 Å². The van der Waals surface area contributed by atoms with Gasteiger partial charge >= 0.3 is 0 Å². The smallest absolute Gasteiger partial charge is 0.0469 e. The lowest BCUT2D eigenvalue weighted by Crippen LogP contribution is -2.27. The Labute approximate surface area is 113 Å². The Morgan fingerprint density at radius 2 is 1.94 bits per heavy atom. The Morgan fingerprint density at radius 3 is 2.62 bits per heavy atom. The van der Waals surface area contributed by atoms with Crippen molar-refractivity contribution in [3.63, 3.8) is 0 Å². The molecule has 1 heterocycles. The summed E-state index contributed by atoms with van der Waals surface area (Å²) in [6.45, 7) is 1.67. The monoisotopic (exact) mass is 347 g/mol. The van der Waals surface area contributed by atoms with Gasteiger partial charge in [0, 0.05) is 28.2 Å². The summed E-state index contributed by atoms with van der Waals surface area (Å²) in [4.78, 5) is 0. The van der Waals surface area contributed by atoms with E-state index in [9.17, 15) is 0 Å². The minimum atomic E-state index is 0.0933. The predicted octanol–water partition coefficient (Wildman–Crippen LogP) is 3.64. The molecule has 0 aromatic heterocycles. The van der Waals surface area contributed by atoms with Gasteiger partial charge in [-0.05, 0) is 42.5 Å². The van der Waals surface area contributed by atoms with Crippen LogP contribution in [0.3, 0.4) is 0 Å². The number of hydrogen-bond donors (Lipinski definition) is 1. The number of halogens is 2. The number of hydrogen-bond acceptors (Lipinski definition) is 2. The van der Waals surface area contributed by atoms with Crippen molar-refractivity contribution < 1.29 is 4.74 Å². The third-order valence-corrected chi connectivity index (χ3v) is 4.31. The third kappa shape index (κ3) is 2.86. The molecule has 0 saturated carbocycles. The van der Waals surface area contributed by atoms with Crippen molar-refractivity contribution in [1.29, 1.82) is 0 Å². The molecule has 1 aromatic rings. The van der Waals surface area contributed by atoms with Crippen molar-refractivity contribution in [3.8, 4) is 0 Å². The molecule has 0 aliphatic carbocycles. The van der Waals surface area contributed by atoms with Gasteiger partial charge in [0.1, 0.15) is 0 Å². The molecule has 1 atom stereocenters. The Morgan fingerprint density at radius 1 is 1.25 bits per heavy atom. The Balaban J connectivity index is 2.18. The highest BCUT2D eigenvalue weighted by molar-refractivity contribution is 9.11. The molecule has 0 unspecified atom stereocenters. The zero-order valence-electron chi connectivity index (χ0n) is 8.96. The van der Waals surface area contributed by atoms with Gasteiger partial charge in [-0.15, -0.1) is 0 Å². The third-order valence-electron chi connectivity index (χ3n) is 3.09. The fraction of sp³-hybridized carbons (Fsp3) is 0.500. The van der Waals surface area contributed by atoms with E-state index in [1.54, 1.807) is 0 Å². The summed E-state index contributed by atoms with van der Waals surface area (Å²) in [5.74, 6) is 0.527. The second-order valence-electron chi connectivity index (χ2n) is 4.14. The summed E-state index contributed by atoms with van der Waals surface area (Å²) in [6, 6.07) is 6.25. The van der Waals surface area contributed by atoms with Crippen LogP contribution in [0.25, 0.3) is 0 Å². The lowest BCUT2D eigenvalue weighted by Gasteiger charge is -2.28. The highest BCUT2D eigenvalue weighted by atomic mass is 79.9. The lowest BCUT2D eigenvalue weighted by atomic mass is 9.88. The van der Waals surface area contributed by atoms with Crippen LogP contribution in [0.2, 0.25) is 0 Å². The zero-order valence-corrected chi connectivity index (χ0v) is 12.1. The molecule has 2 rings (SSSR count). The first-order chi connectivity index (χ1) is 7.68. The predicted molar refractivity (Wildman–Crippen MR) is 72.3 cm³/mol. The van der Waals surface area contributed by atoms with Gasteiger partial charge in [-0.1, -0.05) is 31.9 Å². The van der Waals surface area contributed by atoms with Gasteiger partial charge < -0.3 is 10.5 Å². The molecule has 88 valence electrons. The summed E-state index contributed by atoms with van der Waals surface area (Å²) in [5.41, 5.74) is 7.51. The Bertz CT molecular complexity index is 364. The summed E-state index contributed by atoms with van der Waals surface area (Å²) < 4.78 is 7.53. The largest absolute Gasteiger partial charge is 0.381 e. The van der Waals surface area contributed by atoms with Gasteiger partial charge in [0.15, 0.2) is 0 Å². The summed E-state index contributed by atoms with van der Waals surface area (Å²) in [5, 5.41) is 0. The van der Waals surface area contributed by atoms with E-state index < -0.39 is 0 Å². The number of rotatable bonds is 2. The molecule has 4 heteroatoms. The summed E-state index contributed by atoms with van der Waals surface area (Å²) in [7, 11) is 0. The first kappa shape index (κ1) is 12.6. The first-order valence-electron chi connectivity index (χ1n) is 5.47. The standard InChI is InChI=1S/C12H15Br2NO/c13-9-1-2-11(14)10(7-9)12(15)8-3-5-16-6-4-8/h1-2,7-8,12H,3-6,15H2/t12-/m1/s1. The molecule has 1 aromatic carbocycles. The van der Waals surface area contributed by atoms with Crippen molar-refractivity contribution in [2.75, 3.05) is 13.2 Å². The fourth-order valence-electron chi connectivity index (χ4n) is 2.10. The van der Waals surface area contributed by atoms with Gasteiger partial charge in [-0.2, -0.15) is 0 Å². The van der Waals surface area contributed by atoms with E-state index in [0.717, 1.165) is 35.0 Å². The fourth-order valence-corrected chi connectivity index (χ4v) is 2.99. The Kier molecular flexibility index (Phi) is 4.41. The quantitative estimate of drug-likeness (QED) is 0.885. The summed E-state index contributed by atoms with van der Waals surface area (Å²) in [6.07, 6.45) is 2.11. The van der Waals surface area contributed by atoms with Gasteiger partial charge in [-0.3, -0.25) is 0 Å². The maximum absolute atomic E-state index is 6.33. The molecule has 16 heavy (non-hydrogen) atoms. The maximum Gasteiger partial charge on any atom is 0.0469 e. The molecular weight excluding hydrogens is 334 g/mol. The second kappa shape index (κ2) is 5.63. The normalized spacial score (nSPS) is 19.7. The molecule has 1 saturated heterocycles. The molecule has 1 aliphatic rings. The van der Waals surface area contributed by atoms with E-state index in [-0.39, 0.29) is 6.04 Å². The lowest BCUT2D eigenvalue weighted by molar-refractivity contribution is 0.0583. The molecule has 1 fully saturated rings. The second-order valence-corrected chi connectivity index (χ2v) is 5.91. The number of benzene rings is 1. The van der Waals surface area contributed by atoms with Gasteiger partial charge in [0.05, 0.1) is 0 Å².